The van der Waals surface area contributed by atoms with Crippen molar-refractivity contribution >= 4 is 11.6 Å². The molecule has 0 bridgehead atoms. The highest BCUT2D eigenvalue weighted by Gasteiger charge is 2.31. The number of hydrogen-bond acceptors (Lipinski definition) is 2. The molecule has 136 valence electrons. The van der Waals surface area contributed by atoms with Crippen LogP contribution in [0.4, 0.5) is 5.69 Å². The maximum absolute atomic E-state index is 12.5. The van der Waals surface area contributed by atoms with Crippen molar-refractivity contribution in [2.75, 3.05) is 5.32 Å². The third-order valence-corrected chi connectivity index (χ3v) is 5.28. The van der Waals surface area contributed by atoms with E-state index in [9.17, 15) is 9.90 Å². The monoisotopic (exact) mass is 357 g/mol. The predicted octanol–water partition coefficient (Wildman–Crippen LogP) is 4.63. The molecule has 0 saturated carbocycles. The van der Waals surface area contributed by atoms with E-state index in [1.54, 1.807) is 0 Å². The van der Waals surface area contributed by atoms with Crippen LogP contribution in [-0.4, -0.2) is 11.0 Å². The van der Waals surface area contributed by atoms with Gasteiger partial charge in [0.25, 0.3) is 0 Å². The Morgan fingerprint density at radius 1 is 0.963 bits per heavy atom. The van der Waals surface area contributed by atoms with Crippen molar-refractivity contribution in [3.05, 3.63) is 101 Å². The lowest BCUT2D eigenvalue weighted by molar-refractivity contribution is -0.118. The Morgan fingerprint density at radius 2 is 1.67 bits per heavy atom. The van der Waals surface area contributed by atoms with Gasteiger partial charge in [0.2, 0.25) is 5.91 Å². The van der Waals surface area contributed by atoms with E-state index >= 15 is 0 Å². The molecule has 4 rings (SSSR count). The fourth-order valence-corrected chi connectivity index (χ4v) is 3.62. The van der Waals surface area contributed by atoms with Crippen LogP contribution >= 0.6 is 0 Å². The summed E-state index contributed by atoms with van der Waals surface area (Å²) in [7, 11) is 0. The van der Waals surface area contributed by atoms with Crippen LogP contribution in [0.3, 0.4) is 0 Å². The summed E-state index contributed by atoms with van der Waals surface area (Å²) in [6, 6.07) is 25.7. The van der Waals surface area contributed by atoms with Gasteiger partial charge in [0.15, 0.2) is 0 Å². The molecule has 1 aliphatic carbocycles. The van der Waals surface area contributed by atoms with Crippen molar-refractivity contribution in [1.82, 2.24) is 0 Å². The largest absolute Gasteiger partial charge is 0.388 e. The van der Waals surface area contributed by atoms with Crippen LogP contribution in [0.5, 0.6) is 0 Å². The van der Waals surface area contributed by atoms with Crippen LogP contribution in [0.25, 0.3) is 0 Å². The molecule has 0 heterocycles. The van der Waals surface area contributed by atoms with E-state index in [1.165, 1.54) is 5.56 Å². The molecule has 0 spiro atoms. The number of aliphatic hydroxyl groups is 1. The second-order valence-corrected chi connectivity index (χ2v) is 7.11. The molecule has 0 saturated heterocycles. The number of amides is 1. The molecule has 3 aromatic rings. The SMILES string of the molecule is O=C(Nc1ccc(CCC(O)c2ccccc2)cc1)C1Cc2ccccc21. The Balaban J connectivity index is 1.31. The molecule has 1 aliphatic rings. The van der Waals surface area contributed by atoms with Gasteiger partial charge >= 0.3 is 0 Å². The van der Waals surface area contributed by atoms with E-state index in [0.29, 0.717) is 6.42 Å². The summed E-state index contributed by atoms with van der Waals surface area (Å²) in [6.45, 7) is 0. The number of carbonyl (C=O) groups excluding carboxylic acids is 1. The lowest BCUT2D eigenvalue weighted by Gasteiger charge is -2.28. The normalized spacial score (nSPS) is 16.1. The highest BCUT2D eigenvalue weighted by molar-refractivity contribution is 5.97. The topological polar surface area (TPSA) is 49.3 Å². The minimum absolute atomic E-state index is 0.0399. The molecular formula is C24H23NO2. The van der Waals surface area contributed by atoms with Crippen molar-refractivity contribution in [3.8, 4) is 0 Å². The quantitative estimate of drug-likeness (QED) is 0.676. The van der Waals surface area contributed by atoms with Crippen molar-refractivity contribution in [3.63, 3.8) is 0 Å². The Hall–Kier alpha value is -2.91. The third kappa shape index (κ3) is 3.93. The van der Waals surface area contributed by atoms with Crippen molar-refractivity contribution in [2.45, 2.75) is 31.3 Å². The van der Waals surface area contributed by atoms with E-state index < -0.39 is 6.10 Å². The van der Waals surface area contributed by atoms with E-state index in [-0.39, 0.29) is 11.8 Å². The van der Waals surface area contributed by atoms with E-state index in [2.05, 4.69) is 11.4 Å². The first-order valence-electron chi connectivity index (χ1n) is 9.41. The van der Waals surface area contributed by atoms with Crippen LogP contribution in [0.2, 0.25) is 0 Å². The highest BCUT2D eigenvalue weighted by Crippen LogP contribution is 2.35. The maximum atomic E-state index is 12.5. The molecule has 27 heavy (non-hydrogen) atoms. The number of aryl methyl sites for hydroxylation is 1. The average molecular weight is 357 g/mol. The van der Waals surface area contributed by atoms with Gasteiger partial charge < -0.3 is 10.4 Å². The molecule has 0 aromatic heterocycles. The van der Waals surface area contributed by atoms with Gasteiger partial charge in [-0.15, -0.1) is 0 Å². The smallest absolute Gasteiger partial charge is 0.232 e. The van der Waals surface area contributed by atoms with Crippen LogP contribution < -0.4 is 5.32 Å². The van der Waals surface area contributed by atoms with Gasteiger partial charge in [0, 0.05) is 5.69 Å². The summed E-state index contributed by atoms with van der Waals surface area (Å²) in [5.74, 6) is 0.0165. The third-order valence-electron chi connectivity index (χ3n) is 5.28. The molecule has 2 N–H and O–H groups in total. The second-order valence-electron chi connectivity index (χ2n) is 7.11. The lowest BCUT2D eigenvalue weighted by atomic mass is 9.77. The molecule has 2 unspecified atom stereocenters. The molecule has 3 aromatic carbocycles. The van der Waals surface area contributed by atoms with Crippen LogP contribution in [0.1, 0.15) is 40.7 Å². The minimum atomic E-state index is -0.454. The molecule has 2 atom stereocenters. The molecule has 3 nitrogen and oxygen atoms in total. The van der Waals surface area contributed by atoms with Gasteiger partial charge in [-0.2, -0.15) is 0 Å². The summed E-state index contributed by atoms with van der Waals surface area (Å²) in [5, 5.41) is 13.3. The molecule has 0 fully saturated rings. The molecule has 3 heteroatoms. The van der Waals surface area contributed by atoms with Crippen molar-refractivity contribution in [2.24, 2.45) is 0 Å². The molecule has 0 aliphatic heterocycles. The number of hydrogen-bond donors (Lipinski definition) is 2. The number of anilines is 1. The second kappa shape index (κ2) is 7.77. The van der Waals surface area contributed by atoms with Crippen LogP contribution in [0, 0.1) is 0 Å². The molecule has 0 radical (unpaired) electrons. The fraction of sp³-hybridized carbons (Fsp3) is 0.208. The number of fused-ring (bicyclic) bond motifs is 1. The van der Waals surface area contributed by atoms with Crippen LogP contribution in [-0.2, 0) is 17.6 Å². The first-order valence-corrected chi connectivity index (χ1v) is 9.41. The predicted molar refractivity (Wildman–Crippen MR) is 108 cm³/mol. The molecular weight excluding hydrogens is 334 g/mol. The first-order chi connectivity index (χ1) is 13.2. The maximum Gasteiger partial charge on any atom is 0.232 e. The average Bonchev–Trinajstić information content (AvgIpc) is 2.69. The van der Waals surface area contributed by atoms with Gasteiger partial charge in [-0.1, -0.05) is 66.7 Å². The summed E-state index contributed by atoms with van der Waals surface area (Å²) in [4.78, 5) is 12.5. The van der Waals surface area contributed by atoms with Crippen molar-refractivity contribution < 1.29 is 9.90 Å². The van der Waals surface area contributed by atoms with Gasteiger partial charge in [-0.3, -0.25) is 4.79 Å². The fourth-order valence-electron chi connectivity index (χ4n) is 3.62. The number of nitrogens with one attached hydrogen (secondary N) is 1. The van der Waals surface area contributed by atoms with E-state index in [0.717, 1.165) is 35.2 Å². The van der Waals surface area contributed by atoms with E-state index in [4.69, 9.17) is 0 Å². The van der Waals surface area contributed by atoms with E-state index in [1.807, 2.05) is 72.8 Å². The zero-order valence-electron chi connectivity index (χ0n) is 15.1. The number of benzene rings is 3. The Kier molecular flexibility index (Phi) is 5.03. The summed E-state index contributed by atoms with van der Waals surface area (Å²) in [6.07, 6.45) is 1.83. The first kappa shape index (κ1) is 17.5. The lowest BCUT2D eigenvalue weighted by Crippen LogP contribution is -2.30. The van der Waals surface area contributed by atoms with Crippen molar-refractivity contribution in [1.29, 1.82) is 0 Å². The zero-order chi connectivity index (χ0) is 18.6. The Morgan fingerprint density at radius 3 is 2.41 bits per heavy atom. The van der Waals surface area contributed by atoms with Gasteiger partial charge in [0.05, 0.1) is 12.0 Å². The van der Waals surface area contributed by atoms with Crippen LogP contribution in [0.15, 0.2) is 78.9 Å². The minimum Gasteiger partial charge on any atom is -0.388 e. The molecule has 1 amide bonds. The number of carbonyl (C=O) groups is 1. The summed E-state index contributed by atoms with van der Waals surface area (Å²) >= 11 is 0. The summed E-state index contributed by atoms with van der Waals surface area (Å²) < 4.78 is 0. The number of aliphatic hydroxyl groups excluding tert-OH is 1. The highest BCUT2D eigenvalue weighted by atomic mass is 16.3. The Labute approximate surface area is 159 Å². The summed E-state index contributed by atoms with van der Waals surface area (Å²) in [5.41, 5.74) is 5.32. The van der Waals surface area contributed by atoms with Gasteiger partial charge in [-0.25, -0.2) is 0 Å². The zero-order valence-corrected chi connectivity index (χ0v) is 15.1. The van der Waals surface area contributed by atoms with Gasteiger partial charge in [-0.05, 0) is 53.6 Å². The Bertz CT molecular complexity index is 919. The number of rotatable bonds is 6. The standard InChI is InChI=1S/C24H23NO2/c26-23(18-6-2-1-3-7-18)15-12-17-10-13-20(14-11-17)25-24(27)22-16-19-8-4-5-9-21(19)22/h1-11,13-14,22-23,26H,12,15-16H2,(H,25,27). The van der Waals surface area contributed by atoms with Gasteiger partial charge in [0.1, 0.15) is 0 Å².